The van der Waals surface area contributed by atoms with Gasteiger partial charge in [0.25, 0.3) is 0 Å². The van der Waals surface area contributed by atoms with E-state index in [1.165, 1.54) is 11.8 Å². The van der Waals surface area contributed by atoms with Gasteiger partial charge in [-0.2, -0.15) is 0 Å². The van der Waals surface area contributed by atoms with Crippen molar-refractivity contribution >= 4 is 50.4 Å². The molecule has 0 amide bonds. The monoisotopic (exact) mass is 628 g/mol. The van der Waals surface area contributed by atoms with E-state index in [0.717, 1.165) is 44.7 Å². The lowest BCUT2D eigenvalue weighted by atomic mass is 10.0. The molecule has 0 saturated carbocycles. The van der Waals surface area contributed by atoms with E-state index in [1.807, 2.05) is 42.5 Å². The summed E-state index contributed by atoms with van der Waals surface area (Å²) in [7, 11) is 0. The van der Waals surface area contributed by atoms with Crippen LogP contribution in [0.3, 0.4) is 0 Å². The Hall–Kier alpha value is -4.60. The van der Waals surface area contributed by atoms with Gasteiger partial charge in [0.1, 0.15) is 11.5 Å². The van der Waals surface area contributed by atoms with Gasteiger partial charge < -0.3 is 24.1 Å². The van der Waals surface area contributed by atoms with Crippen LogP contribution < -0.4 is 9.47 Å². The minimum atomic E-state index is -0.593. The molecule has 0 unspecified atom stereocenters. The van der Waals surface area contributed by atoms with Crippen LogP contribution in [-0.4, -0.2) is 55.2 Å². The van der Waals surface area contributed by atoms with Crippen molar-refractivity contribution in [3.8, 4) is 11.5 Å². The number of aliphatic hydroxyl groups excluding tert-OH is 1. The number of esters is 2. The molecule has 8 nitrogen and oxygen atoms in total. The van der Waals surface area contributed by atoms with Crippen molar-refractivity contribution in [3.63, 3.8) is 0 Å². The average Bonchev–Trinajstić information content (AvgIpc) is 3.07. The van der Waals surface area contributed by atoms with E-state index >= 15 is 0 Å². The molecule has 0 atom stereocenters. The van der Waals surface area contributed by atoms with Gasteiger partial charge in [-0.05, 0) is 108 Å². The van der Waals surface area contributed by atoms with Gasteiger partial charge in [0.15, 0.2) is 0 Å². The molecule has 1 N–H and O–H groups in total. The molecule has 4 aromatic carbocycles. The Bertz CT molecular complexity index is 1660. The lowest BCUT2D eigenvalue weighted by Gasteiger charge is -2.10. The maximum Gasteiger partial charge on any atom is 0.335 e. The lowest BCUT2D eigenvalue weighted by Crippen LogP contribution is -2.11. The van der Waals surface area contributed by atoms with Crippen molar-refractivity contribution in [2.75, 3.05) is 33.0 Å². The molecule has 234 valence electrons. The number of hydrogen-bond acceptors (Lipinski definition) is 9. The van der Waals surface area contributed by atoms with E-state index in [0.29, 0.717) is 50.4 Å². The van der Waals surface area contributed by atoms with Crippen LogP contribution in [0.25, 0.3) is 21.5 Å². The lowest BCUT2D eigenvalue weighted by molar-refractivity contribution is -0.140. The van der Waals surface area contributed by atoms with Gasteiger partial charge in [0, 0.05) is 16.5 Å². The summed E-state index contributed by atoms with van der Waals surface area (Å²) in [5.41, 5.74) is 0.609. The number of unbranched alkanes of at least 4 members (excludes halogenated alkanes) is 2. The zero-order chi connectivity index (χ0) is 32.0. The second kappa shape index (κ2) is 17.0. The van der Waals surface area contributed by atoms with E-state index in [9.17, 15) is 14.4 Å². The normalized spacial score (nSPS) is 10.8. The second-order valence-corrected chi connectivity index (χ2v) is 11.2. The Morgan fingerprint density at radius 1 is 0.711 bits per heavy atom. The molecule has 4 rings (SSSR count). The number of ether oxygens (including phenoxy) is 4. The molecule has 0 aliphatic rings. The van der Waals surface area contributed by atoms with Crippen molar-refractivity contribution in [1.29, 1.82) is 0 Å². The van der Waals surface area contributed by atoms with Gasteiger partial charge in [0.2, 0.25) is 5.12 Å². The molecule has 0 fully saturated rings. The zero-order valence-corrected chi connectivity index (χ0v) is 25.8. The summed E-state index contributed by atoms with van der Waals surface area (Å²) < 4.78 is 21.6. The first-order valence-corrected chi connectivity index (χ1v) is 15.5. The third kappa shape index (κ3) is 9.96. The molecule has 0 radical (unpaired) electrons. The van der Waals surface area contributed by atoms with Gasteiger partial charge in [-0.3, -0.25) is 4.79 Å². The van der Waals surface area contributed by atoms with E-state index in [4.69, 9.17) is 24.1 Å². The summed E-state index contributed by atoms with van der Waals surface area (Å²) in [6, 6.07) is 23.2. The highest BCUT2D eigenvalue weighted by molar-refractivity contribution is 8.14. The second-order valence-electron chi connectivity index (χ2n) is 10.1. The molecule has 0 aromatic heterocycles. The quantitative estimate of drug-likeness (QED) is 0.0432. The van der Waals surface area contributed by atoms with E-state index < -0.39 is 18.5 Å². The van der Waals surface area contributed by atoms with E-state index in [-0.39, 0.29) is 17.3 Å². The SMILES string of the molecule is C=CC(=O)OCCCCOc1ccc2c(ccc3cc(SC(=O)c4ccc(OCCCCOC(=O)C(=C)CO)cc4)ccc32)c1. The van der Waals surface area contributed by atoms with Crippen molar-refractivity contribution in [3.05, 3.63) is 103 Å². The van der Waals surface area contributed by atoms with Crippen LogP contribution in [-0.2, 0) is 19.1 Å². The number of benzene rings is 4. The fourth-order valence-electron chi connectivity index (χ4n) is 4.39. The number of aliphatic hydroxyl groups is 1. The summed E-state index contributed by atoms with van der Waals surface area (Å²) in [6.45, 7) is 7.93. The Balaban J connectivity index is 1.25. The molecule has 0 bridgehead atoms. The zero-order valence-electron chi connectivity index (χ0n) is 25.0. The highest BCUT2D eigenvalue weighted by Crippen LogP contribution is 2.32. The number of fused-ring (bicyclic) bond motifs is 3. The van der Waals surface area contributed by atoms with Crippen LogP contribution in [0, 0.1) is 0 Å². The van der Waals surface area contributed by atoms with Crippen LogP contribution in [0.4, 0.5) is 0 Å². The summed E-state index contributed by atoms with van der Waals surface area (Å²) in [5.74, 6) is 0.428. The number of hydrogen-bond donors (Lipinski definition) is 1. The number of rotatable bonds is 17. The van der Waals surface area contributed by atoms with Gasteiger partial charge >= 0.3 is 11.9 Å². The first-order valence-electron chi connectivity index (χ1n) is 14.7. The van der Waals surface area contributed by atoms with E-state index in [2.05, 4.69) is 19.2 Å². The molecular formula is C36H36O8S. The van der Waals surface area contributed by atoms with Crippen LogP contribution in [0.15, 0.2) is 102 Å². The fraction of sp³-hybridized carbons (Fsp3) is 0.250. The Kier molecular flexibility index (Phi) is 12.6. The van der Waals surface area contributed by atoms with Gasteiger partial charge in [-0.25, -0.2) is 9.59 Å². The van der Waals surface area contributed by atoms with Crippen molar-refractivity contribution in [2.24, 2.45) is 0 Å². The summed E-state index contributed by atoms with van der Waals surface area (Å²) in [5, 5.41) is 13.1. The van der Waals surface area contributed by atoms with Crippen molar-refractivity contribution in [2.45, 2.75) is 30.6 Å². The highest BCUT2D eigenvalue weighted by Gasteiger charge is 2.11. The Labute approximate surface area is 266 Å². The van der Waals surface area contributed by atoms with Crippen LogP contribution >= 0.6 is 11.8 Å². The summed E-state index contributed by atoms with van der Waals surface area (Å²) >= 11 is 1.18. The fourth-order valence-corrected chi connectivity index (χ4v) is 5.18. The van der Waals surface area contributed by atoms with Crippen LogP contribution in [0.2, 0.25) is 0 Å². The molecule has 4 aromatic rings. The van der Waals surface area contributed by atoms with Crippen LogP contribution in [0.1, 0.15) is 36.0 Å². The summed E-state index contributed by atoms with van der Waals surface area (Å²) in [4.78, 5) is 36.4. The third-order valence-corrected chi connectivity index (χ3v) is 7.73. The number of thioether (sulfide) groups is 1. The van der Waals surface area contributed by atoms with Gasteiger partial charge in [-0.15, -0.1) is 0 Å². The number of carbonyl (C=O) groups excluding carboxylic acids is 3. The molecule has 0 heterocycles. The average molecular weight is 629 g/mol. The van der Waals surface area contributed by atoms with E-state index in [1.54, 1.807) is 24.3 Å². The number of carbonyl (C=O) groups is 3. The molecule has 0 aliphatic heterocycles. The molecule has 0 saturated heterocycles. The maximum absolute atomic E-state index is 13.0. The first kappa shape index (κ1) is 33.3. The molecule has 0 aliphatic carbocycles. The third-order valence-electron chi connectivity index (χ3n) is 6.82. The molecular weight excluding hydrogens is 592 g/mol. The predicted molar refractivity (Wildman–Crippen MR) is 176 cm³/mol. The van der Waals surface area contributed by atoms with Gasteiger partial charge in [0.05, 0.1) is 38.6 Å². The van der Waals surface area contributed by atoms with Crippen LogP contribution in [0.5, 0.6) is 11.5 Å². The van der Waals surface area contributed by atoms with Gasteiger partial charge in [-0.1, -0.05) is 37.4 Å². The highest BCUT2D eigenvalue weighted by atomic mass is 32.2. The topological polar surface area (TPSA) is 108 Å². The largest absolute Gasteiger partial charge is 0.494 e. The smallest absolute Gasteiger partial charge is 0.335 e. The molecule has 0 spiro atoms. The maximum atomic E-state index is 13.0. The van der Waals surface area contributed by atoms with Crippen molar-refractivity contribution in [1.82, 2.24) is 0 Å². The standard InChI is InChI=1S/C36H36O8S/c1-3-34(38)43-20-6-4-19-42-30-14-16-32-27(22-30)8-9-28-23-31(15-17-33(28)32)45-36(40)26-10-12-29(13-11-26)41-18-5-7-21-44-35(39)25(2)24-37/h3,8-17,22-23,37H,1-2,4-7,18-21,24H2. The predicted octanol–water partition coefficient (Wildman–Crippen LogP) is 7.06. The minimum Gasteiger partial charge on any atom is -0.494 e. The Morgan fingerprint density at radius 2 is 1.29 bits per heavy atom. The Morgan fingerprint density at radius 3 is 1.96 bits per heavy atom. The first-order chi connectivity index (χ1) is 21.9. The van der Waals surface area contributed by atoms with Crippen molar-refractivity contribution < 1.29 is 38.4 Å². The molecule has 9 heteroatoms. The minimum absolute atomic E-state index is 0.0329. The summed E-state index contributed by atoms with van der Waals surface area (Å²) in [6.07, 6.45) is 3.94. The molecule has 45 heavy (non-hydrogen) atoms.